The molecule has 260 valence electrons. The summed E-state index contributed by atoms with van der Waals surface area (Å²) in [5.41, 5.74) is 8.60. The zero-order valence-corrected chi connectivity index (χ0v) is 28.2. The first-order valence-electron chi connectivity index (χ1n) is 16.9. The molecule has 2 aromatic heterocycles. The fourth-order valence-electron chi connectivity index (χ4n) is 7.00. The minimum atomic E-state index is -1.01. The van der Waals surface area contributed by atoms with Crippen molar-refractivity contribution in [1.82, 2.24) is 25.0 Å². The Hall–Kier alpha value is -6.63. The number of carbonyl (C=O) groups is 4. The SMILES string of the molecule is CN(CCOc1ccc(-n2cc(-c3ccc4c(c3)CCC4=NO)c(-c3ccncc3)n2)cc1)c1ccc2c(c1)C(=O)N(C1CCC(=O)NC1=O)C2=O. The van der Waals surface area contributed by atoms with Crippen molar-refractivity contribution in [2.24, 2.45) is 5.16 Å². The number of fused-ring (bicyclic) bond motifs is 2. The number of oxime groups is 1. The number of anilines is 1. The maximum absolute atomic E-state index is 13.2. The van der Waals surface area contributed by atoms with Crippen molar-refractivity contribution >= 4 is 35.0 Å². The molecule has 5 aromatic rings. The van der Waals surface area contributed by atoms with E-state index in [9.17, 15) is 24.4 Å². The van der Waals surface area contributed by atoms with Gasteiger partial charge in [0, 0.05) is 54.4 Å². The lowest BCUT2D eigenvalue weighted by Gasteiger charge is -2.27. The second-order valence-electron chi connectivity index (χ2n) is 12.9. The molecule has 1 unspecified atom stereocenters. The van der Waals surface area contributed by atoms with Crippen LogP contribution in [0.4, 0.5) is 5.69 Å². The van der Waals surface area contributed by atoms with Crippen LogP contribution in [0, 0.1) is 0 Å². The molecule has 0 bridgehead atoms. The van der Waals surface area contributed by atoms with Gasteiger partial charge in [0.2, 0.25) is 11.8 Å². The third-order valence-corrected chi connectivity index (χ3v) is 9.81. The van der Waals surface area contributed by atoms with E-state index in [1.807, 2.05) is 71.4 Å². The van der Waals surface area contributed by atoms with E-state index in [2.05, 4.69) is 21.5 Å². The molecule has 3 aliphatic rings. The molecule has 2 aliphatic heterocycles. The molecule has 52 heavy (non-hydrogen) atoms. The van der Waals surface area contributed by atoms with Crippen LogP contribution in [-0.4, -0.2) is 80.5 Å². The first kappa shape index (κ1) is 32.6. The van der Waals surface area contributed by atoms with Gasteiger partial charge in [0.15, 0.2) is 0 Å². The Balaban J connectivity index is 0.942. The number of ether oxygens (including phenoxy) is 1. The Kier molecular flexibility index (Phi) is 8.30. The largest absolute Gasteiger partial charge is 0.492 e. The molecule has 1 aliphatic carbocycles. The zero-order valence-electron chi connectivity index (χ0n) is 28.2. The summed E-state index contributed by atoms with van der Waals surface area (Å²) in [4.78, 5) is 57.3. The lowest BCUT2D eigenvalue weighted by molar-refractivity contribution is -0.136. The lowest BCUT2D eigenvalue weighted by Crippen LogP contribution is -2.54. The molecule has 1 fully saturated rings. The topological polar surface area (TPSA) is 159 Å². The van der Waals surface area contributed by atoms with Gasteiger partial charge in [-0.05, 0) is 85.0 Å². The molecule has 0 radical (unpaired) electrons. The molecule has 0 spiro atoms. The predicted molar refractivity (Wildman–Crippen MR) is 191 cm³/mol. The van der Waals surface area contributed by atoms with E-state index in [0.29, 0.717) is 36.7 Å². The van der Waals surface area contributed by atoms with Gasteiger partial charge in [-0.2, -0.15) is 5.10 Å². The van der Waals surface area contributed by atoms with Crippen LogP contribution in [0.2, 0.25) is 0 Å². The van der Waals surface area contributed by atoms with Gasteiger partial charge in [0.25, 0.3) is 11.8 Å². The van der Waals surface area contributed by atoms with Crippen molar-refractivity contribution in [1.29, 1.82) is 0 Å². The van der Waals surface area contributed by atoms with Gasteiger partial charge in [-0.3, -0.25) is 34.4 Å². The molecule has 13 heteroatoms. The number of benzene rings is 3. The first-order chi connectivity index (χ1) is 25.3. The van der Waals surface area contributed by atoms with E-state index < -0.39 is 29.7 Å². The van der Waals surface area contributed by atoms with Gasteiger partial charge in [-0.15, -0.1) is 0 Å². The van der Waals surface area contributed by atoms with Gasteiger partial charge in [-0.25, -0.2) is 4.68 Å². The third-order valence-electron chi connectivity index (χ3n) is 9.81. The van der Waals surface area contributed by atoms with E-state index in [0.717, 1.165) is 50.5 Å². The number of nitrogens with zero attached hydrogens (tertiary/aromatic N) is 6. The van der Waals surface area contributed by atoms with Crippen LogP contribution in [0.25, 0.3) is 28.1 Å². The molecule has 4 heterocycles. The Morgan fingerprint density at radius 3 is 2.40 bits per heavy atom. The molecular weight excluding hydrogens is 662 g/mol. The molecule has 13 nitrogen and oxygen atoms in total. The summed E-state index contributed by atoms with van der Waals surface area (Å²) in [5, 5.41) is 20.0. The van der Waals surface area contributed by atoms with Crippen molar-refractivity contribution in [3.8, 4) is 33.8 Å². The molecule has 4 amide bonds. The number of pyridine rings is 1. The fraction of sp³-hybridized carbons (Fsp3) is 0.205. The number of aromatic nitrogens is 3. The van der Waals surface area contributed by atoms with Crippen LogP contribution < -0.4 is 15.0 Å². The lowest BCUT2D eigenvalue weighted by atomic mass is 9.98. The summed E-state index contributed by atoms with van der Waals surface area (Å²) in [6, 6.07) is 21.7. The van der Waals surface area contributed by atoms with E-state index in [1.165, 1.54) is 0 Å². The number of rotatable bonds is 9. The van der Waals surface area contributed by atoms with Crippen LogP contribution in [0.1, 0.15) is 51.1 Å². The summed E-state index contributed by atoms with van der Waals surface area (Å²) in [6.45, 7) is 0.838. The number of nitrogens with one attached hydrogen (secondary N) is 1. The average molecular weight is 696 g/mol. The van der Waals surface area contributed by atoms with E-state index in [1.54, 1.807) is 30.6 Å². The highest BCUT2D eigenvalue weighted by molar-refractivity contribution is 6.23. The standard InChI is InChI=1S/C39H33N7O6/c1-44(27-6-10-30-31(21-27)39(50)46(38(30)49)34-12-13-35(47)41-37(34)48)18-19-52-28-7-4-26(5-8-28)45-22-32(36(42-45)23-14-16-40-17-15-23)25-2-9-29-24(20-25)3-11-33(29)43-51/h2,4-10,14-17,20-22,34,51H,3,11-13,18-19H2,1H3,(H,41,47,48). The van der Waals surface area contributed by atoms with E-state index >= 15 is 0 Å². The number of likely N-dealkylation sites (N-methyl/N-ethyl adjacent to an activating group) is 1. The van der Waals surface area contributed by atoms with Gasteiger partial charge >= 0.3 is 0 Å². The summed E-state index contributed by atoms with van der Waals surface area (Å²) >= 11 is 0. The molecule has 0 saturated carbocycles. The summed E-state index contributed by atoms with van der Waals surface area (Å²) in [7, 11) is 1.86. The molecule has 1 atom stereocenters. The highest BCUT2D eigenvalue weighted by Gasteiger charge is 2.44. The Morgan fingerprint density at radius 1 is 0.865 bits per heavy atom. The number of hydrogen-bond donors (Lipinski definition) is 2. The van der Waals surface area contributed by atoms with Crippen LogP contribution >= 0.6 is 0 Å². The molecule has 1 saturated heterocycles. The van der Waals surface area contributed by atoms with Gasteiger partial charge in [0.1, 0.15) is 24.1 Å². The smallest absolute Gasteiger partial charge is 0.262 e. The Morgan fingerprint density at radius 2 is 1.63 bits per heavy atom. The molecule has 8 rings (SSSR count). The van der Waals surface area contributed by atoms with Crippen molar-refractivity contribution in [2.75, 3.05) is 25.1 Å². The second-order valence-corrected chi connectivity index (χ2v) is 12.9. The highest BCUT2D eigenvalue weighted by Crippen LogP contribution is 2.35. The number of carbonyl (C=O) groups excluding carboxylic acids is 4. The van der Waals surface area contributed by atoms with Crippen molar-refractivity contribution in [2.45, 2.75) is 31.7 Å². The molecule has 2 N–H and O–H groups in total. The quantitative estimate of drug-likeness (QED) is 0.127. The first-order valence-corrected chi connectivity index (χ1v) is 16.9. The van der Waals surface area contributed by atoms with Crippen LogP contribution in [0.5, 0.6) is 5.75 Å². The minimum absolute atomic E-state index is 0.0676. The average Bonchev–Trinajstić information content (AvgIpc) is 3.86. The van der Waals surface area contributed by atoms with E-state index in [4.69, 9.17) is 9.84 Å². The highest BCUT2D eigenvalue weighted by atomic mass is 16.5. The molecule has 3 aromatic carbocycles. The number of aryl methyl sites for hydroxylation is 1. The Labute approximate surface area is 298 Å². The van der Waals surface area contributed by atoms with Crippen LogP contribution in [0.15, 0.2) is 96.5 Å². The van der Waals surface area contributed by atoms with E-state index in [-0.39, 0.29) is 24.0 Å². The van der Waals surface area contributed by atoms with Crippen molar-refractivity contribution in [3.63, 3.8) is 0 Å². The molecular formula is C39H33N7O6. The number of amides is 4. The van der Waals surface area contributed by atoms with Crippen molar-refractivity contribution in [3.05, 3.63) is 114 Å². The maximum Gasteiger partial charge on any atom is 0.262 e. The third kappa shape index (κ3) is 5.85. The van der Waals surface area contributed by atoms with Crippen LogP contribution in [-0.2, 0) is 16.0 Å². The number of imide groups is 2. The fourth-order valence-corrected chi connectivity index (χ4v) is 7.00. The zero-order chi connectivity index (χ0) is 35.9. The second kappa shape index (κ2) is 13.2. The minimum Gasteiger partial charge on any atom is -0.492 e. The maximum atomic E-state index is 13.2. The Bertz CT molecular complexity index is 2280. The number of hydrogen-bond acceptors (Lipinski definition) is 10. The number of piperidine rings is 1. The summed E-state index contributed by atoms with van der Waals surface area (Å²) in [5.74, 6) is -1.46. The summed E-state index contributed by atoms with van der Waals surface area (Å²) in [6.07, 6.45) is 7.21. The van der Waals surface area contributed by atoms with Gasteiger partial charge in [0.05, 0.1) is 29.1 Å². The van der Waals surface area contributed by atoms with Crippen LogP contribution in [0.3, 0.4) is 0 Å². The van der Waals surface area contributed by atoms with Gasteiger partial charge < -0.3 is 14.8 Å². The van der Waals surface area contributed by atoms with Crippen molar-refractivity contribution < 1.29 is 29.1 Å². The monoisotopic (exact) mass is 695 g/mol. The summed E-state index contributed by atoms with van der Waals surface area (Å²) < 4.78 is 7.90. The van der Waals surface area contributed by atoms with Gasteiger partial charge in [-0.1, -0.05) is 23.4 Å². The normalized spacial score (nSPS) is 17.4. The predicted octanol–water partition coefficient (Wildman–Crippen LogP) is 4.64.